The van der Waals surface area contributed by atoms with Crippen molar-refractivity contribution in [2.75, 3.05) is 18.1 Å². The van der Waals surface area contributed by atoms with Gasteiger partial charge in [-0.25, -0.2) is 8.42 Å². The molecular formula is C14H23NO2S2. The van der Waals surface area contributed by atoms with Crippen molar-refractivity contribution >= 4 is 21.2 Å². The molecular weight excluding hydrogens is 278 g/mol. The molecule has 1 N–H and O–H groups in total. The van der Waals surface area contributed by atoms with Gasteiger partial charge in [-0.1, -0.05) is 12.8 Å². The van der Waals surface area contributed by atoms with Gasteiger partial charge in [0.15, 0.2) is 9.84 Å². The molecule has 0 radical (unpaired) electrons. The first-order valence-corrected chi connectivity index (χ1v) is 9.71. The van der Waals surface area contributed by atoms with Crippen LogP contribution in [-0.4, -0.2) is 26.5 Å². The van der Waals surface area contributed by atoms with Gasteiger partial charge in [-0.15, -0.1) is 11.3 Å². The fourth-order valence-electron chi connectivity index (χ4n) is 2.63. The Balaban J connectivity index is 1.68. The highest BCUT2D eigenvalue weighted by atomic mass is 32.2. The summed E-state index contributed by atoms with van der Waals surface area (Å²) < 4.78 is 24.0. The lowest BCUT2D eigenvalue weighted by atomic mass is 10.1. The van der Waals surface area contributed by atoms with Gasteiger partial charge in [-0.3, -0.25) is 0 Å². The van der Waals surface area contributed by atoms with Crippen molar-refractivity contribution in [1.29, 1.82) is 0 Å². The van der Waals surface area contributed by atoms with E-state index in [1.807, 2.05) is 0 Å². The molecule has 1 fully saturated rings. The Bertz CT molecular complexity index is 487. The molecule has 5 heteroatoms. The van der Waals surface area contributed by atoms with Gasteiger partial charge in [0.1, 0.15) is 0 Å². The minimum Gasteiger partial charge on any atom is -0.311 e. The molecule has 0 spiro atoms. The summed E-state index contributed by atoms with van der Waals surface area (Å²) in [6.07, 6.45) is 4.61. The predicted molar refractivity (Wildman–Crippen MR) is 81.4 cm³/mol. The van der Waals surface area contributed by atoms with E-state index < -0.39 is 9.84 Å². The number of rotatable bonds is 7. The van der Waals surface area contributed by atoms with Crippen molar-refractivity contribution in [3.63, 3.8) is 0 Å². The van der Waals surface area contributed by atoms with E-state index in [4.69, 9.17) is 0 Å². The Hall–Kier alpha value is -0.390. The lowest BCUT2D eigenvalue weighted by Crippen LogP contribution is -2.26. The Morgan fingerprint density at radius 1 is 1.37 bits per heavy atom. The highest BCUT2D eigenvalue weighted by Crippen LogP contribution is 2.26. The Morgan fingerprint density at radius 2 is 2.11 bits per heavy atom. The van der Waals surface area contributed by atoms with Gasteiger partial charge in [0, 0.05) is 18.0 Å². The summed E-state index contributed by atoms with van der Waals surface area (Å²) in [5.41, 5.74) is 1.28. The van der Waals surface area contributed by atoms with Crippen LogP contribution < -0.4 is 5.32 Å². The third-order valence-corrected chi connectivity index (χ3v) is 6.64. The topological polar surface area (TPSA) is 46.2 Å². The SMILES string of the molecule is Cc1ccsc1CNCCS(=O)(=O)CC1CCCC1. The first-order valence-electron chi connectivity index (χ1n) is 7.01. The van der Waals surface area contributed by atoms with Crippen LogP contribution in [0.5, 0.6) is 0 Å². The van der Waals surface area contributed by atoms with Crippen LogP contribution in [-0.2, 0) is 16.4 Å². The van der Waals surface area contributed by atoms with Crippen LogP contribution in [0.4, 0.5) is 0 Å². The third-order valence-electron chi connectivity index (χ3n) is 3.81. The second-order valence-corrected chi connectivity index (χ2v) is 8.70. The van der Waals surface area contributed by atoms with Gasteiger partial charge in [0.25, 0.3) is 0 Å². The number of hydrogen-bond acceptors (Lipinski definition) is 4. The summed E-state index contributed by atoms with van der Waals surface area (Å²) in [7, 11) is -2.88. The van der Waals surface area contributed by atoms with Crippen LogP contribution in [0.25, 0.3) is 0 Å². The number of hydrogen-bond donors (Lipinski definition) is 1. The maximum Gasteiger partial charge on any atom is 0.151 e. The molecule has 1 aliphatic carbocycles. The Kier molecular flexibility index (Phi) is 5.42. The third kappa shape index (κ3) is 4.89. The monoisotopic (exact) mass is 301 g/mol. The van der Waals surface area contributed by atoms with E-state index in [2.05, 4.69) is 23.7 Å². The molecule has 2 rings (SSSR count). The fourth-order valence-corrected chi connectivity index (χ4v) is 5.18. The van der Waals surface area contributed by atoms with Crippen LogP contribution in [0, 0.1) is 12.8 Å². The minimum absolute atomic E-state index is 0.272. The number of thiophene rings is 1. The van der Waals surface area contributed by atoms with E-state index in [0.29, 0.717) is 18.2 Å². The lowest BCUT2D eigenvalue weighted by molar-refractivity contribution is 0.556. The van der Waals surface area contributed by atoms with Gasteiger partial charge in [0.05, 0.1) is 11.5 Å². The van der Waals surface area contributed by atoms with Gasteiger partial charge in [-0.2, -0.15) is 0 Å². The zero-order chi connectivity index (χ0) is 13.7. The summed E-state index contributed by atoms with van der Waals surface area (Å²) in [4.78, 5) is 1.30. The largest absolute Gasteiger partial charge is 0.311 e. The first kappa shape index (κ1) is 15.0. The molecule has 3 nitrogen and oxygen atoms in total. The summed E-state index contributed by atoms with van der Waals surface area (Å²) in [5.74, 6) is 1.09. The van der Waals surface area contributed by atoms with Gasteiger partial charge in [-0.05, 0) is 42.7 Å². The van der Waals surface area contributed by atoms with Gasteiger partial charge < -0.3 is 5.32 Å². The molecule has 0 unspecified atom stereocenters. The molecule has 1 aliphatic rings. The predicted octanol–water partition coefficient (Wildman–Crippen LogP) is 2.75. The molecule has 1 saturated carbocycles. The molecule has 0 aliphatic heterocycles. The fraction of sp³-hybridized carbons (Fsp3) is 0.714. The van der Waals surface area contributed by atoms with E-state index in [0.717, 1.165) is 19.4 Å². The normalized spacial score (nSPS) is 17.1. The minimum atomic E-state index is -2.88. The number of aryl methyl sites for hydroxylation is 1. The maximum absolute atomic E-state index is 12.0. The van der Waals surface area contributed by atoms with Crippen molar-refractivity contribution in [2.45, 2.75) is 39.2 Å². The summed E-state index contributed by atoms with van der Waals surface area (Å²) >= 11 is 1.72. The molecule has 0 atom stereocenters. The van der Waals surface area contributed by atoms with Crippen molar-refractivity contribution in [1.82, 2.24) is 5.32 Å². The summed E-state index contributed by atoms with van der Waals surface area (Å²) in [6, 6.07) is 2.10. The molecule has 19 heavy (non-hydrogen) atoms. The zero-order valence-electron chi connectivity index (χ0n) is 11.5. The average Bonchev–Trinajstić information content (AvgIpc) is 2.96. The van der Waals surface area contributed by atoms with Crippen molar-refractivity contribution < 1.29 is 8.42 Å². The maximum atomic E-state index is 12.0. The molecule has 0 amide bonds. The van der Waals surface area contributed by atoms with E-state index >= 15 is 0 Å². The highest BCUT2D eigenvalue weighted by molar-refractivity contribution is 7.91. The van der Waals surface area contributed by atoms with Gasteiger partial charge in [0.2, 0.25) is 0 Å². The molecule has 0 aromatic carbocycles. The van der Waals surface area contributed by atoms with Crippen LogP contribution in [0.3, 0.4) is 0 Å². The molecule has 0 saturated heterocycles. The standard InChI is InChI=1S/C14H23NO2S2/c1-12-6-8-18-14(12)10-15-7-9-19(16,17)11-13-4-2-3-5-13/h6,8,13,15H,2-5,7,9-11H2,1H3. The quantitative estimate of drug-likeness (QED) is 0.788. The second kappa shape index (κ2) is 6.86. The van der Waals surface area contributed by atoms with E-state index in [9.17, 15) is 8.42 Å². The lowest BCUT2D eigenvalue weighted by Gasteiger charge is -2.10. The van der Waals surface area contributed by atoms with E-state index in [1.54, 1.807) is 11.3 Å². The smallest absolute Gasteiger partial charge is 0.151 e. The molecule has 1 aromatic rings. The molecule has 1 heterocycles. The van der Waals surface area contributed by atoms with Crippen LogP contribution in [0.1, 0.15) is 36.1 Å². The molecule has 0 bridgehead atoms. The summed E-state index contributed by atoms with van der Waals surface area (Å²) in [5, 5.41) is 5.31. The average molecular weight is 301 g/mol. The Morgan fingerprint density at radius 3 is 2.74 bits per heavy atom. The number of nitrogens with one attached hydrogen (secondary N) is 1. The highest BCUT2D eigenvalue weighted by Gasteiger charge is 2.22. The molecule has 1 aromatic heterocycles. The first-order chi connectivity index (χ1) is 9.07. The zero-order valence-corrected chi connectivity index (χ0v) is 13.2. The van der Waals surface area contributed by atoms with Crippen LogP contribution in [0.15, 0.2) is 11.4 Å². The van der Waals surface area contributed by atoms with Crippen molar-refractivity contribution in [3.8, 4) is 0 Å². The molecule has 108 valence electrons. The summed E-state index contributed by atoms with van der Waals surface area (Å²) in [6.45, 7) is 3.43. The van der Waals surface area contributed by atoms with Gasteiger partial charge >= 0.3 is 0 Å². The second-order valence-electron chi connectivity index (χ2n) is 5.47. The van der Waals surface area contributed by atoms with Crippen molar-refractivity contribution in [3.05, 3.63) is 21.9 Å². The van der Waals surface area contributed by atoms with E-state index in [-0.39, 0.29) is 5.75 Å². The van der Waals surface area contributed by atoms with Crippen molar-refractivity contribution in [2.24, 2.45) is 5.92 Å². The van der Waals surface area contributed by atoms with Crippen LogP contribution in [0.2, 0.25) is 0 Å². The van der Waals surface area contributed by atoms with E-state index in [1.165, 1.54) is 23.3 Å². The Labute approximate surface area is 120 Å². The number of sulfone groups is 1. The van der Waals surface area contributed by atoms with Crippen LogP contribution >= 0.6 is 11.3 Å².